The predicted molar refractivity (Wildman–Crippen MR) is 81.6 cm³/mol. The quantitative estimate of drug-likeness (QED) is 0.830. The molecule has 1 N–H and O–H groups in total. The lowest BCUT2D eigenvalue weighted by atomic mass is 10.1. The molecule has 0 spiro atoms. The molecule has 0 bridgehead atoms. The third-order valence-corrected chi connectivity index (χ3v) is 3.63. The normalized spacial score (nSPS) is 16.8. The summed E-state index contributed by atoms with van der Waals surface area (Å²) in [7, 11) is 0. The summed E-state index contributed by atoms with van der Waals surface area (Å²) in [5, 5.41) is 3.50. The highest BCUT2D eigenvalue weighted by Gasteiger charge is 2.14. The molecule has 0 saturated carbocycles. The van der Waals surface area contributed by atoms with E-state index in [1.807, 2.05) is 0 Å². The lowest BCUT2D eigenvalue weighted by Crippen LogP contribution is -2.24. The maximum absolute atomic E-state index is 6.03. The van der Waals surface area contributed by atoms with E-state index in [4.69, 9.17) is 9.47 Å². The van der Waals surface area contributed by atoms with E-state index >= 15 is 0 Å². The van der Waals surface area contributed by atoms with Gasteiger partial charge in [0.25, 0.3) is 0 Å². The van der Waals surface area contributed by atoms with Gasteiger partial charge in [0.05, 0.1) is 12.7 Å². The van der Waals surface area contributed by atoms with Crippen LogP contribution in [0, 0.1) is 5.92 Å². The molecule has 3 heteroatoms. The van der Waals surface area contributed by atoms with Crippen LogP contribution in [-0.4, -0.2) is 25.9 Å². The topological polar surface area (TPSA) is 30.5 Å². The van der Waals surface area contributed by atoms with E-state index in [9.17, 15) is 0 Å². The van der Waals surface area contributed by atoms with Crippen molar-refractivity contribution >= 4 is 0 Å². The molecule has 0 aliphatic carbocycles. The van der Waals surface area contributed by atoms with Gasteiger partial charge in [0.15, 0.2) is 0 Å². The van der Waals surface area contributed by atoms with Crippen LogP contribution < -0.4 is 5.32 Å². The third-order valence-electron chi connectivity index (χ3n) is 3.63. The van der Waals surface area contributed by atoms with Crippen LogP contribution in [0.4, 0.5) is 0 Å². The number of hydrogen-bond donors (Lipinski definition) is 1. The van der Waals surface area contributed by atoms with Crippen LogP contribution in [0.15, 0.2) is 24.3 Å². The maximum atomic E-state index is 6.03. The molecular weight excluding hydrogens is 250 g/mol. The van der Waals surface area contributed by atoms with Gasteiger partial charge in [-0.3, -0.25) is 0 Å². The molecule has 1 fully saturated rings. The summed E-state index contributed by atoms with van der Waals surface area (Å²) < 4.78 is 11.4. The molecule has 1 aliphatic heterocycles. The Morgan fingerprint density at radius 3 is 2.60 bits per heavy atom. The first-order chi connectivity index (χ1) is 9.75. The third kappa shape index (κ3) is 5.23. The van der Waals surface area contributed by atoms with Crippen molar-refractivity contribution in [2.24, 2.45) is 5.92 Å². The van der Waals surface area contributed by atoms with Crippen molar-refractivity contribution in [1.82, 2.24) is 5.32 Å². The second-order valence-corrected chi connectivity index (χ2v) is 5.92. The molecule has 20 heavy (non-hydrogen) atoms. The molecule has 1 aromatic rings. The van der Waals surface area contributed by atoms with Gasteiger partial charge in [0.1, 0.15) is 0 Å². The van der Waals surface area contributed by atoms with Gasteiger partial charge < -0.3 is 14.8 Å². The molecule has 3 nitrogen and oxygen atoms in total. The predicted octanol–water partition coefficient (Wildman–Crippen LogP) is 3.13. The highest BCUT2D eigenvalue weighted by Crippen LogP contribution is 2.16. The van der Waals surface area contributed by atoms with Gasteiger partial charge in [-0.15, -0.1) is 0 Å². The van der Waals surface area contributed by atoms with Gasteiger partial charge in [-0.1, -0.05) is 38.1 Å². The molecule has 1 saturated heterocycles. The standard InChI is InChI=1S/C17H27NO2/c1-14(2)11-18-12-15-5-3-4-6-16(15)13-20-17-7-9-19-10-8-17/h3-6,14,17-18H,7-13H2,1-2H3. The fourth-order valence-corrected chi connectivity index (χ4v) is 2.42. The Balaban J connectivity index is 1.83. The van der Waals surface area contributed by atoms with Crippen LogP contribution in [0.5, 0.6) is 0 Å². The molecule has 1 aliphatic rings. The first-order valence-corrected chi connectivity index (χ1v) is 7.72. The Labute approximate surface area is 122 Å². The molecule has 0 radical (unpaired) electrons. The van der Waals surface area contributed by atoms with Crippen molar-refractivity contribution in [3.63, 3.8) is 0 Å². The number of ether oxygens (including phenoxy) is 2. The summed E-state index contributed by atoms with van der Waals surface area (Å²) in [6, 6.07) is 8.56. The van der Waals surface area contributed by atoms with Gasteiger partial charge >= 0.3 is 0 Å². The van der Waals surface area contributed by atoms with E-state index in [1.54, 1.807) is 0 Å². The van der Waals surface area contributed by atoms with Crippen molar-refractivity contribution < 1.29 is 9.47 Å². The van der Waals surface area contributed by atoms with Crippen molar-refractivity contribution in [2.75, 3.05) is 19.8 Å². The van der Waals surface area contributed by atoms with E-state index in [0.29, 0.717) is 18.6 Å². The van der Waals surface area contributed by atoms with Gasteiger partial charge in [-0.25, -0.2) is 0 Å². The highest BCUT2D eigenvalue weighted by atomic mass is 16.5. The molecular formula is C17H27NO2. The summed E-state index contributed by atoms with van der Waals surface area (Å²) >= 11 is 0. The Bertz CT molecular complexity index is 386. The van der Waals surface area contributed by atoms with Crippen LogP contribution in [0.2, 0.25) is 0 Å². The van der Waals surface area contributed by atoms with Gasteiger partial charge in [0, 0.05) is 19.8 Å². The molecule has 0 aromatic heterocycles. The van der Waals surface area contributed by atoms with Crippen LogP contribution in [0.25, 0.3) is 0 Å². The number of hydrogen-bond acceptors (Lipinski definition) is 3. The summed E-state index contributed by atoms with van der Waals surface area (Å²) in [4.78, 5) is 0. The van der Waals surface area contributed by atoms with Crippen molar-refractivity contribution in [3.05, 3.63) is 35.4 Å². The lowest BCUT2D eigenvalue weighted by molar-refractivity contribution is -0.0392. The molecule has 0 atom stereocenters. The van der Waals surface area contributed by atoms with E-state index < -0.39 is 0 Å². The summed E-state index contributed by atoms with van der Waals surface area (Å²) in [5.74, 6) is 0.681. The lowest BCUT2D eigenvalue weighted by Gasteiger charge is -2.23. The van der Waals surface area contributed by atoms with Crippen LogP contribution >= 0.6 is 0 Å². The number of benzene rings is 1. The van der Waals surface area contributed by atoms with Gasteiger partial charge in [-0.2, -0.15) is 0 Å². The fraction of sp³-hybridized carbons (Fsp3) is 0.647. The van der Waals surface area contributed by atoms with E-state index in [0.717, 1.165) is 39.1 Å². The van der Waals surface area contributed by atoms with Crippen molar-refractivity contribution in [3.8, 4) is 0 Å². The zero-order valence-electron chi connectivity index (χ0n) is 12.7. The zero-order chi connectivity index (χ0) is 14.2. The summed E-state index contributed by atoms with van der Waals surface area (Å²) in [5.41, 5.74) is 2.65. The monoisotopic (exact) mass is 277 g/mol. The van der Waals surface area contributed by atoms with E-state index in [1.165, 1.54) is 11.1 Å². The molecule has 1 aromatic carbocycles. The minimum absolute atomic E-state index is 0.362. The number of nitrogens with one attached hydrogen (secondary N) is 1. The molecule has 1 heterocycles. The van der Waals surface area contributed by atoms with Crippen LogP contribution in [0.1, 0.15) is 37.8 Å². The average Bonchev–Trinajstić information content (AvgIpc) is 2.47. The Morgan fingerprint density at radius 1 is 1.20 bits per heavy atom. The van der Waals surface area contributed by atoms with E-state index in [2.05, 4.69) is 43.4 Å². The highest BCUT2D eigenvalue weighted by molar-refractivity contribution is 5.26. The second-order valence-electron chi connectivity index (χ2n) is 5.92. The summed E-state index contributed by atoms with van der Waals surface area (Å²) in [6.07, 6.45) is 2.40. The Kier molecular flexibility index (Phi) is 6.51. The average molecular weight is 277 g/mol. The van der Waals surface area contributed by atoms with Crippen LogP contribution in [-0.2, 0) is 22.6 Å². The Hall–Kier alpha value is -0.900. The molecule has 112 valence electrons. The maximum Gasteiger partial charge on any atom is 0.0723 e. The van der Waals surface area contributed by atoms with Gasteiger partial charge in [0.2, 0.25) is 0 Å². The van der Waals surface area contributed by atoms with Crippen LogP contribution in [0.3, 0.4) is 0 Å². The SMILES string of the molecule is CC(C)CNCc1ccccc1COC1CCOCC1. The van der Waals surface area contributed by atoms with E-state index in [-0.39, 0.29) is 0 Å². The fourth-order valence-electron chi connectivity index (χ4n) is 2.42. The van der Waals surface area contributed by atoms with Crippen molar-refractivity contribution in [2.45, 2.75) is 45.9 Å². The van der Waals surface area contributed by atoms with Crippen molar-refractivity contribution in [1.29, 1.82) is 0 Å². The summed E-state index contributed by atoms with van der Waals surface area (Å²) in [6.45, 7) is 8.82. The molecule has 2 rings (SSSR count). The number of rotatable bonds is 7. The molecule has 0 unspecified atom stereocenters. The largest absolute Gasteiger partial charge is 0.381 e. The minimum Gasteiger partial charge on any atom is -0.381 e. The first-order valence-electron chi connectivity index (χ1n) is 7.72. The minimum atomic E-state index is 0.362. The molecule has 0 amide bonds. The van der Waals surface area contributed by atoms with Gasteiger partial charge in [-0.05, 0) is 36.4 Å². The Morgan fingerprint density at radius 2 is 1.90 bits per heavy atom. The first kappa shape index (κ1) is 15.5. The smallest absolute Gasteiger partial charge is 0.0723 e. The second kappa shape index (κ2) is 8.40. The zero-order valence-corrected chi connectivity index (χ0v) is 12.7.